The summed E-state index contributed by atoms with van der Waals surface area (Å²) in [5.74, 6) is 0.784. The molecule has 2 heteroatoms. The van der Waals surface area contributed by atoms with Crippen LogP contribution in [0.2, 0.25) is 5.02 Å². The van der Waals surface area contributed by atoms with Gasteiger partial charge in [-0.2, -0.15) is 0 Å². The van der Waals surface area contributed by atoms with Gasteiger partial charge in [-0.3, -0.25) is 0 Å². The molecule has 20 heavy (non-hydrogen) atoms. The van der Waals surface area contributed by atoms with Crippen LogP contribution in [-0.4, -0.2) is 0 Å². The van der Waals surface area contributed by atoms with E-state index >= 15 is 0 Å². The topological polar surface area (TPSA) is 0 Å². The van der Waals surface area contributed by atoms with Crippen molar-refractivity contribution < 1.29 is 0 Å². The molecule has 0 saturated carbocycles. The number of hydrogen-bond acceptors (Lipinski definition) is 0. The van der Waals surface area contributed by atoms with Crippen molar-refractivity contribution in [3.05, 3.63) is 63.6 Å². The van der Waals surface area contributed by atoms with Crippen molar-refractivity contribution in [3.63, 3.8) is 0 Å². The predicted octanol–water partition coefficient (Wildman–Crippen LogP) is 6.66. The molecule has 1 aromatic carbocycles. The SMILES string of the molecule is C=C(c1cc(Br)ccc1Cl)C1C=CC(CCC)=C[C@@H]1C. The van der Waals surface area contributed by atoms with E-state index in [-0.39, 0.29) is 0 Å². The molecule has 1 unspecified atom stereocenters. The monoisotopic (exact) mass is 350 g/mol. The third-order valence-electron chi connectivity index (χ3n) is 3.78. The second kappa shape index (κ2) is 6.78. The number of rotatable bonds is 4. The second-order valence-corrected chi connectivity index (χ2v) is 6.71. The zero-order valence-electron chi connectivity index (χ0n) is 12.0. The Bertz CT molecular complexity index is 569. The van der Waals surface area contributed by atoms with Crippen molar-refractivity contribution >= 4 is 33.1 Å². The number of halogens is 2. The predicted molar refractivity (Wildman–Crippen MR) is 93.0 cm³/mol. The fourth-order valence-electron chi connectivity index (χ4n) is 2.71. The van der Waals surface area contributed by atoms with E-state index in [0.717, 1.165) is 27.1 Å². The molecule has 0 amide bonds. The number of benzene rings is 1. The van der Waals surface area contributed by atoms with Crippen LogP contribution in [0.1, 0.15) is 32.3 Å². The Hall–Kier alpha value is -0.790. The second-order valence-electron chi connectivity index (χ2n) is 5.39. The molecular formula is C18H20BrCl. The molecule has 1 aromatic rings. The van der Waals surface area contributed by atoms with Gasteiger partial charge >= 0.3 is 0 Å². The van der Waals surface area contributed by atoms with Crippen molar-refractivity contribution in [2.45, 2.75) is 26.7 Å². The molecule has 1 aliphatic carbocycles. The Morgan fingerprint density at radius 1 is 1.40 bits per heavy atom. The maximum absolute atomic E-state index is 6.32. The van der Waals surface area contributed by atoms with Gasteiger partial charge in [0.05, 0.1) is 0 Å². The summed E-state index contributed by atoms with van der Waals surface area (Å²) in [6.45, 7) is 8.75. The van der Waals surface area contributed by atoms with E-state index in [9.17, 15) is 0 Å². The standard InChI is InChI=1S/C18H20BrCl/c1-4-5-14-6-8-16(12(2)10-14)13(3)17-11-15(19)7-9-18(17)20/h6-12,16H,3-5H2,1-2H3/t12-,16?/m0/s1. The highest BCUT2D eigenvalue weighted by molar-refractivity contribution is 9.10. The molecule has 0 saturated heterocycles. The highest BCUT2D eigenvalue weighted by Gasteiger charge is 2.21. The van der Waals surface area contributed by atoms with E-state index < -0.39 is 0 Å². The lowest BCUT2D eigenvalue weighted by Crippen LogP contribution is -2.13. The van der Waals surface area contributed by atoms with Crippen LogP contribution in [0.15, 0.2) is 53.1 Å². The Morgan fingerprint density at radius 2 is 2.15 bits per heavy atom. The zero-order valence-corrected chi connectivity index (χ0v) is 14.3. The first-order chi connectivity index (χ1) is 9.52. The molecule has 2 rings (SSSR count). The van der Waals surface area contributed by atoms with Gasteiger partial charge in [0.15, 0.2) is 0 Å². The van der Waals surface area contributed by atoms with Gasteiger partial charge in [-0.05, 0) is 41.7 Å². The van der Waals surface area contributed by atoms with Gasteiger partial charge in [-0.15, -0.1) is 0 Å². The van der Waals surface area contributed by atoms with Crippen LogP contribution >= 0.6 is 27.5 Å². The fraction of sp³-hybridized carbons (Fsp3) is 0.333. The van der Waals surface area contributed by atoms with Crippen LogP contribution in [0.4, 0.5) is 0 Å². The van der Waals surface area contributed by atoms with Crippen molar-refractivity contribution in [3.8, 4) is 0 Å². The summed E-state index contributed by atoms with van der Waals surface area (Å²) < 4.78 is 1.03. The minimum absolute atomic E-state index is 0.322. The van der Waals surface area contributed by atoms with Crippen LogP contribution in [0.3, 0.4) is 0 Å². The third-order valence-corrected chi connectivity index (χ3v) is 4.60. The molecule has 0 radical (unpaired) electrons. The van der Waals surface area contributed by atoms with Gasteiger partial charge in [-0.25, -0.2) is 0 Å². The molecule has 1 aliphatic rings. The minimum atomic E-state index is 0.322. The Kier molecular flexibility index (Phi) is 5.29. The molecule has 0 N–H and O–H groups in total. The highest BCUT2D eigenvalue weighted by Crippen LogP contribution is 2.37. The molecule has 0 bridgehead atoms. The van der Waals surface area contributed by atoms with Crippen LogP contribution in [0, 0.1) is 11.8 Å². The van der Waals surface area contributed by atoms with Crippen LogP contribution in [0.5, 0.6) is 0 Å². The van der Waals surface area contributed by atoms with Crippen LogP contribution < -0.4 is 0 Å². The smallest absolute Gasteiger partial charge is 0.0481 e. The lowest BCUT2D eigenvalue weighted by molar-refractivity contribution is 0.611. The van der Waals surface area contributed by atoms with Crippen molar-refractivity contribution in [1.29, 1.82) is 0 Å². The van der Waals surface area contributed by atoms with E-state index in [0.29, 0.717) is 11.8 Å². The molecule has 0 aliphatic heterocycles. The summed E-state index contributed by atoms with van der Waals surface area (Å²) >= 11 is 9.82. The minimum Gasteiger partial charge on any atom is -0.0946 e. The van der Waals surface area contributed by atoms with Gasteiger partial charge in [0.1, 0.15) is 0 Å². The lowest BCUT2D eigenvalue weighted by atomic mass is 9.79. The molecule has 0 heterocycles. The van der Waals surface area contributed by atoms with Gasteiger partial charge in [0, 0.05) is 15.4 Å². The summed E-state index contributed by atoms with van der Waals surface area (Å²) in [4.78, 5) is 0. The number of allylic oxidation sites excluding steroid dienone is 5. The molecule has 2 atom stereocenters. The zero-order chi connectivity index (χ0) is 14.7. The van der Waals surface area contributed by atoms with Gasteiger partial charge < -0.3 is 0 Å². The molecular weight excluding hydrogens is 332 g/mol. The average Bonchev–Trinajstić information content (AvgIpc) is 2.41. The summed E-state index contributed by atoms with van der Waals surface area (Å²) in [5, 5.41) is 0.766. The summed E-state index contributed by atoms with van der Waals surface area (Å²) in [6, 6.07) is 5.93. The van der Waals surface area contributed by atoms with Gasteiger partial charge in [0.25, 0.3) is 0 Å². The van der Waals surface area contributed by atoms with E-state index in [1.807, 2.05) is 12.1 Å². The molecule has 106 valence electrons. The number of hydrogen-bond donors (Lipinski definition) is 0. The molecule has 0 aromatic heterocycles. The highest BCUT2D eigenvalue weighted by atomic mass is 79.9. The van der Waals surface area contributed by atoms with Crippen molar-refractivity contribution in [1.82, 2.24) is 0 Å². The molecule has 0 nitrogen and oxygen atoms in total. The summed E-state index contributed by atoms with van der Waals surface area (Å²) in [5.41, 5.74) is 3.56. The first-order valence-electron chi connectivity index (χ1n) is 7.06. The Morgan fingerprint density at radius 3 is 2.80 bits per heavy atom. The van der Waals surface area contributed by atoms with Crippen molar-refractivity contribution in [2.75, 3.05) is 0 Å². The quantitative estimate of drug-likeness (QED) is 0.568. The average molecular weight is 352 g/mol. The maximum Gasteiger partial charge on any atom is 0.0481 e. The van der Waals surface area contributed by atoms with Gasteiger partial charge in [-0.1, -0.05) is 78.2 Å². The Labute approximate surface area is 135 Å². The first-order valence-corrected chi connectivity index (χ1v) is 8.23. The Balaban J connectivity index is 2.23. The van der Waals surface area contributed by atoms with Crippen molar-refractivity contribution in [2.24, 2.45) is 11.8 Å². The third kappa shape index (κ3) is 3.45. The summed E-state index contributed by atoms with van der Waals surface area (Å²) in [7, 11) is 0. The van der Waals surface area contributed by atoms with E-state index in [1.54, 1.807) is 0 Å². The summed E-state index contributed by atoms with van der Waals surface area (Å²) in [6.07, 6.45) is 9.22. The lowest BCUT2D eigenvalue weighted by Gasteiger charge is -2.26. The normalized spacial score (nSPS) is 21.7. The van der Waals surface area contributed by atoms with E-state index in [2.05, 4.69) is 60.7 Å². The van der Waals surface area contributed by atoms with E-state index in [1.165, 1.54) is 12.0 Å². The maximum atomic E-state index is 6.32. The fourth-order valence-corrected chi connectivity index (χ4v) is 3.31. The van der Waals surface area contributed by atoms with Crippen LogP contribution in [0.25, 0.3) is 5.57 Å². The molecule has 0 fully saturated rings. The van der Waals surface area contributed by atoms with E-state index in [4.69, 9.17) is 11.6 Å². The van der Waals surface area contributed by atoms with Gasteiger partial charge in [0.2, 0.25) is 0 Å². The largest absolute Gasteiger partial charge is 0.0946 e. The van der Waals surface area contributed by atoms with Crippen LogP contribution in [-0.2, 0) is 0 Å². The molecule has 0 spiro atoms. The first kappa shape index (κ1) is 15.6.